The molecule has 0 aromatic heterocycles. The largest absolute Gasteiger partial charge is 0.491 e. The van der Waals surface area contributed by atoms with Crippen LogP contribution in [-0.2, 0) is 0 Å². The molecule has 5 heteroatoms. The highest BCUT2D eigenvalue weighted by Crippen LogP contribution is 2.35. The maximum absolute atomic E-state index is 14.1. The van der Waals surface area contributed by atoms with Gasteiger partial charge in [0.25, 0.3) is 0 Å². The highest BCUT2D eigenvalue weighted by atomic mass is 79.9. The molecule has 2 rings (SSSR count). The topological polar surface area (TPSA) is 21.3 Å². The Morgan fingerprint density at radius 3 is 2.71 bits per heavy atom. The number of piperidine rings is 1. The number of ether oxygens (including phenoxy) is 1. The summed E-state index contributed by atoms with van der Waals surface area (Å²) < 4.78 is 32.7. The van der Waals surface area contributed by atoms with Gasteiger partial charge in [-0.25, -0.2) is 8.78 Å². The first-order valence-corrected chi connectivity index (χ1v) is 6.39. The van der Waals surface area contributed by atoms with Crippen molar-refractivity contribution in [3.8, 4) is 5.75 Å². The van der Waals surface area contributed by atoms with Gasteiger partial charge in [-0.2, -0.15) is 0 Å². The summed E-state index contributed by atoms with van der Waals surface area (Å²) in [4.78, 5) is 0. The van der Waals surface area contributed by atoms with Crippen LogP contribution in [0.3, 0.4) is 0 Å². The Labute approximate surface area is 107 Å². The maximum atomic E-state index is 14.1. The third kappa shape index (κ3) is 2.45. The molecule has 1 aliphatic heterocycles. The molecule has 1 heterocycles. The van der Waals surface area contributed by atoms with E-state index in [0.717, 1.165) is 25.8 Å². The van der Waals surface area contributed by atoms with Crippen LogP contribution in [0.25, 0.3) is 0 Å². The smallest absolute Gasteiger partial charge is 0.191 e. The van der Waals surface area contributed by atoms with Gasteiger partial charge in [0.1, 0.15) is 0 Å². The summed E-state index contributed by atoms with van der Waals surface area (Å²) in [6.45, 7) is 0.863. The van der Waals surface area contributed by atoms with Crippen molar-refractivity contribution in [3.05, 3.63) is 27.7 Å². The Kier molecular flexibility index (Phi) is 3.99. The van der Waals surface area contributed by atoms with E-state index in [1.807, 2.05) is 0 Å². The molecule has 1 aromatic carbocycles. The number of rotatable bonds is 2. The quantitative estimate of drug-likeness (QED) is 0.844. The molecule has 0 bridgehead atoms. The molecule has 1 fully saturated rings. The molecular formula is C12H14BrF2NO. The molecule has 0 radical (unpaired) electrons. The van der Waals surface area contributed by atoms with Crippen molar-refractivity contribution in [1.82, 2.24) is 5.32 Å². The summed E-state index contributed by atoms with van der Waals surface area (Å²) in [5.41, 5.74) is 0.467. The van der Waals surface area contributed by atoms with Crippen molar-refractivity contribution in [2.24, 2.45) is 0 Å². The van der Waals surface area contributed by atoms with Crippen molar-refractivity contribution < 1.29 is 13.5 Å². The van der Waals surface area contributed by atoms with Gasteiger partial charge >= 0.3 is 0 Å². The number of nitrogens with one attached hydrogen (secondary N) is 1. The molecule has 1 unspecified atom stereocenters. The summed E-state index contributed by atoms with van der Waals surface area (Å²) in [5.74, 6) is -1.61. The molecule has 0 saturated carbocycles. The van der Waals surface area contributed by atoms with Crippen molar-refractivity contribution in [1.29, 1.82) is 0 Å². The average molecular weight is 306 g/mol. The first kappa shape index (κ1) is 12.8. The number of methoxy groups -OCH3 is 1. The first-order chi connectivity index (χ1) is 8.15. The fourth-order valence-electron chi connectivity index (χ4n) is 2.15. The predicted octanol–water partition coefficient (Wildman–Crippen LogP) is 3.55. The van der Waals surface area contributed by atoms with E-state index in [-0.39, 0.29) is 16.3 Å². The van der Waals surface area contributed by atoms with Crippen molar-refractivity contribution in [3.63, 3.8) is 0 Å². The van der Waals surface area contributed by atoms with Gasteiger partial charge < -0.3 is 10.1 Å². The van der Waals surface area contributed by atoms with E-state index < -0.39 is 11.6 Å². The molecule has 1 aromatic rings. The molecule has 94 valence electrons. The van der Waals surface area contributed by atoms with Crippen LogP contribution in [0.1, 0.15) is 30.9 Å². The Hall–Kier alpha value is -0.680. The van der Waals surface area contributed by atoms with Gasteiger partial charge in [0.05, 0.1) is 11.6 Å². The highest BCUT2D eigenvalue weighted by molar-refractivity contribution is 9.10. The van der Waals surface area contributed by atoms with Crippen LogP contribution in [0.5, 0.6) is 5.75 Å². The summed E-state index contributed by atoms with van der Waals surface area (Å²) in [5, 5.41) is 3.24. The van der Waals surface area contributed by atoms with Gasteiger partial charge in [-0.3, -0.25) is 0 Å². The number of halogens is 3. The Morgan fingerprint density at radius 1 is 1.35 bits per heavy atom. The van der Waals surface area contributed by atoms with E-state index in [9.17, 15) is 8.78 Å². The number of hydrogen-bond acceptors (Lipinski definition) is 2. The summed E-state index contributed by atoms with van der Waals surface area (Å²) in [6, 6.07) is 1.44. The molecule has 0 spiro atoms. The van der Waals surface area contributed by atoms with Crippen LogP contribution >= 0.6 is 15.9 Å². The zero-order valence-corrected chi connectivity index (χ0v) is 11.1. The third-order valence-corrected chi connectivity index (χ3v) is 3.61. The second-order valence-electron chi connectivity index (χ2n) is 4.11. The van der Waals surface area contributed by atoms with Crippen LogP contribution in [0, 0.1) is 11.6 Å². The van der Waals surface area contributed by atoms with Gasteiger partial charge in [0, 0.05) is 11.6 Å². The standard InChI is InChI=1S/C12H14BrF2NO/c1-17-12-10(14)7(6-8(13)11(12)15)9-4-2-3-5-16-9/h6,9,16H,2-5H2,1H3. The SMILES string of the molecule is COc1c(F)c(Br)cc(C2CCCCN2)c1F. The zero-order valence-electron chi connectivity index (χ0n) is 9.53. The fraction of sp³-hybridized carbons (Fsp3) is 0.500. The lowest BCUT2D eigenvalue weighted by Crippen LogP contribution is -2.27. The van der Waals surface area contributed by atoms with Gasteiger partial charge in [-0.05, 0) is 41.4 Å². The normalized spacial score (nSPS) is 20.4. The van der Waals surface area contributed by atoms with Gasteiger partial charge in [0.2, 0.25) is 0 Å². The predicted molar refractivity (Wildman–Crippen MR) is 65.2 cm³/mol. The summed E-state index contributed by atoms with van der Waals surface area (Å²) in [7, 11) is 1.27. The lowest BCUT2D eigenvalue weighted by molar-refractivity contribution is 0.345. The average Bonchev–Trinajstić information content (AvgIpc) is 2.36. The summed E-state index contributed by atoms with van der Waals surface area (Å²) in [6.07, 6.45) is 3.00. The lowest BCUT2D eigenvalue weighted by atomic mass is 9.97. The van der Waals surface area contributed by atoms with Gasteiger partial charge in [0.15, 0.2) is 17.4 Å². The maximum Gasteiger partial charge on any atom is 0.191 e. The van der Waals surface area contributed by atoms with E-state index in [0.29, 0.717) is 5.56 Å². The van der Waals surface area contributed by atoms with E-state index in [4.69, 9.17) is 4.74 Å². The number of hydrogen-bond donors (Lipinski definition) is 1. The van der Waals surface area contributed by atoms with E-state index in [1.165, 1.54) is 13.2 Å². The Morgan fingerprint density at radius 2 is 2.12 bits per heavy atom. The monoisotopic (exact) mass is 305 g/mol. The van der Waals surface area contributed by atoms with Crippen LogP contribution in [0.15, 0.2) is 10.5 Å². The molecule has 2 nitrogen and oxygen atoms in total. The molecule has 1 N–H and O–H groups in total. The van der Waals surface area contributed by atoms with E-state index in [2.05, 4.69) is 21.2 Å². The molecule has 0 amide bonds. The van der Waals surface area contributed by atoms with Crippen LogP contribution < -0.4 is 10.1 Å². The van der Waals surface area contributed by atoms with Gasteiger partial charge in [-0.1, -0.05) is 6.42 Å². The van der Waals surface area contributed by atoms with Crippen molar-refractivity contribution >= 4 is 15.9 Å². The lowest BCUT2D eigenvalue weighted by Gasteiger charge is -2.25. The number of benzene rings is 1. The molecular weight excluding hydrogens is 292 g/mol. The summed E-state index contributed by atoms with van der Waals surface area (Å²) >= 11 is 3.09. The van der Waals surface area contributed by atoms with Gasteiger partial charge in [-0.15, -0.1) is 0 Å². The minimum atomic E-state index is -0.690. The molecule has 0 aliphatic carbocycles. The van der Waals surface area contributed by atoms with Crippen LogP contribution in [0.2, 0.25) is 0 Å². The van der Waals surface area contributed by atoms with Crippen LogP contribution in [-0.4, -0.2) is 13.7 Å². The molecule has 1 saturated heterocycles. The Bertz CT molecular complexity index is 419. The Balaban J connectivity index is 2.42. The first-order valence-electron chi connectivity index (χ1n) is 5.60. The van der Waals surface area contributed by atoms with Crippen LogP contribution in [0.4, 0.5) is 8.78 Å². The third-order valence-electron chi connectivity index (χ3n) is 3.03. The van der Waals surface area contributed by atoms with Crippen molar-refractivity contribution in [2.75, 3.05) is 13.7 Å². The van der Waals surface area contributed by atoms with E-state index >= 15 is 0 Å². The minimum Gasteiger partial charge on any atom is -0.491 e. The minimum absolute atomic E-state index is 0.0606. The van der Waals surface area contributed by atoms with Crippen molar-refractivity contribution in [2.45, 2.75) is 25.3 Å². The zero-order chi connectivity index (χ0) is 12.4. The second kappa shape index (κ2) is 5.31. The molecule has 17 heavy (non-hydrogen) atoms. The molecule has 1 atom stereocenters. The highest BCUT2D eigenvalue weighted by Gasteiger charge is 2.24. The fourth-order valence-corrected chi connectivity index (χ4v) is 2.58. The molecule has 1 aliphatic rings. The second-order valence-corrected chi connectivity index (χ2v) is 4.97. The van der Waals surface area contributed by atoms with E-state index in [1.54, 1.807) is 0 Å².